The van der Waals surface area contributed by atoms with Crippen LogP contribution in [0.3, 0.4) is 0 Å². The highest BCUT2D eigenvalue weighted by molar-refractivity contribution is 7.08. The Morgan fingerprint density at radius 3 is 2.50 bits per heavy atom. The van der Waals surface area contributed by atoms with Crippen molar-refractivity contribution >= 4 is 23.0 Å². The first-order chi connectivity index (χ1) is 19.2. The van der Waals surface area contributed by atoms with Gasteiger partial charge in [0.15, 0.2) is 0 Å². The van der Waals surface area contributed by atoms with Crippen LogP contribution in [0, 0.1) is 12.8 Å². The van der Waals surface area contributed by atoms with Gasteiger partial charge < -0.3 is 9.47 Å². The van der Waals surface area contributed by atoms with Gasteiger partial charge in [-0.05, 0) is 86.7 Å². The van der Waals surface area contributed by atoms with Crippen LogP contribution >= 0.6 is 11.3 Å². The first-order valence-corrected chi connectivity index (χ1v) is 16.1. The second kappa shape index (κ2) is 11.3. The Bertz CT molecular complexity index is 1200. The van der Waals surface area contributed by atoms with Crippen LogP contribution in [0.4, 0.5) is 8.78 Å². The van der Waals surface area contributed by atoms with Crippen LogP contribution in [-0.4, -0.2) is 62.1 Å². The molecule has 1 amide bonds. The summed E-state index contributed by atoms with van der Waals surface area (Å²) in [6.45, 7) is 6.12. The van der Waals surface area contributed by atoms with Crippen LogP contribution in [-0.2, 0) is 22.6 Å². The number of thiophene rings is 1. The number of hydrogen-bond donors (Lipinski definition) is 0. The highest BCUT2D eigenvalue weighted by atomic mass is 32.1. The van der Waals surface area contributed by atoms with Crippen LogP contribution in [0.25, 0.3) is 0 Å². The average Bonchev–Trinajstić information content (AvgIpc) is 3.62. The zero-order chi connectivity index (χ0) is 28.0. The molecule has 2 aromatic rings. The summed E-state index contributed by atoms with van der Waals surface area (Å²) in [6, 6.07) is 3.67. The fourth-order valence-electron chi connectivity index (χ4n) is 8.09. The average molecular weight is 573 g/mol. The number of nitrogens with zero attached hydrogens (tertiary/aromatic N) is 4. The number of fused-ring (bicyclic) bond motifs is 3. The van der Waals surface area contributed by atoms with Crippen molar-refractivity contribution in [2.75, 3.05) is 13.1 Å². The van der Waals surface area contributed by atoms with Crippen molar-refractivity contribution in [3.05, 3.63) is 39.6 Å². The van der Waals surface area contributed by atoms with Crippen LogP contribution in [0.2, 0.25) is 0 Å². The number of carbonyl (C=O) groups is 2. The molecule has 2 bridgehead atoms. The summed E-state index contributed by atoms with van der Waals surface area (Å²) >= 11 is 1.66. The molecule has 6 nitrogen and oxygen atoms in total. The van der Waals surface area contributed by atoms with Gasteiger partial charge >= 0.3 is 0 Å². The number of rotatable bonds is 8. The number of amides is 1. The first kappa shape index (κ1) is 28.0. The van der Waals surface area contributed by atoms with E-state index in [9.17, 15) is 18.4 Å². The summed E-state index contributed by atoms with van der Waals surface area (Å²) in [5, 5.41) is 4.24. The Hall–Kier alpha value is -2.13. The van der Waals surface area contributed by atoms with E-state index >= 15 is 0 Å². The van der Waals surface area contributed by atoms with E-state index in [-0.39, 0.29) is 36.4 Å². The molecule has 2 saturated heterocycles. The summed E-state index contributed by atoms with van der Waals surface area (Å²) in [5.74, 6) is -1.28. The van der Waals surface area contributed by atoms with Crippen LogP contribution in [0.5, 0.6) is 0 Å². The SMILES string of the molecule is CC(=O)N1CCc2c(nc(C)n2C2CC3CCC(C2)N3CC[C@H](CC(=O)C2CCC(F)(F)CC2)c2ccsc2)C1. The third-order valence-corrected chi connectivity index (χ3v) is 11.0. The van der Waals surface area contributed by atoms with Crippen molar-refractivity contribution < 1.29 is 18.4 Å². The van der Waals surface area contributed by atoms with Crippen molar-refractivity contribution in [3.63, 3.8) is 0 Å². The summed E-state index contributed by atoms with van der Waals surface area (Å²) in [4.78, 5) is 34.6. The zero-order valence-electron chi connectivity index (χ0n) is 23.8. The molecular formula is C31H42F2N4O2S. The molecule has 6 rings (SSSR count). The quantitative estimate of drug-likeness (QED) is 0.373. The Morgan fingerprint density at radius 1 is 1.12 bits per heavy atom. The van der Waals surface area contributed by atoms with Crippen LogP contribution < -0.4 is 0 Å². The number of aryl methyl sites for hydroxylation is 1. The molecule has 0 radical (unpaired) electrons. The van der Waals surface area contributed by atoms with E-state index < -0.39 is 5.92 Å². The van der Waals surface area contributed by atoms with E-state index in [1.165, 1.54) is 24.1 Å². The lowest BCUT2D eigenvalue weighted by atomic mass is 9.80. The molecule has 3 atom stereocenters. The molecule has 0 spiro atoms. The second-order valence-electron chi connectivity index (χ2n) is 12.7. The van der Waals surface area contributed by atoms with E-state index in [4.69, 9.17) is 4.98 Å². The van der Waals surface area contributed by atoms with Gasteiger partial charge in [0.1, 0.15) is 11.6 Å². The summed E-state index contributed by atoms with van der Waals surface area (Å²) in [7, 11) is 0. The van der Waals surface area contributed by atoms with Crippen LogP contribution in [0.1, 0.15) is 106 Å². The number of Topliss-reactive ketones (excluding diaryl/α,β-unsaturated/α-hetero) is 1. The minimum atomic E-state index is -2.60. The number of piperidine rings is 1. The molecular weight excluding hydrogens is 530 g/mol. The molecule has 4 aliphatic rings. The van der Waals surface area contributed by atoms with Crippen LogP contribution in [0.15, 0.2) is 16.8 Å². The maximum Gasteiger partial charge on any atom is 0.248 e. The van der Waals surface area contributed by atoms with Gasteiger partial charge in [-0.2, -0.15) is 11.3 Å². The van der Waals surface area contributed by atoms with Crippen molar-refractivity contribution in [2.24, 2.45) is 5.92 Å². The van der Waals surface area contributed by atoms with E-state index in [0.717, 1.165) is 50.3 Å². The Kier molecular flexibility index (Phi) is 7.89. The van der Waals surface area contributed by atoms with Crippen molar-refractivity contribution in [2.45, 2.75) is 121 Å². The number of ketones is 1. The van der Waals surface area contributed by atoms with Gasteiger partial charge in [0.2, 0.25) is 11.8 Å². The van der Waals surface area contributed by atoms with Gasteiger partial charge in [0, 0.05) is 68.9 Å². The predicted molar refractivity (Wildman–Crippen MR) is 152 cm³/mol. The minimum absolute atomic E-state index is 0.118. The van der Waals surface area contributed by atoms with Gasteiger partial charge in [-0.25, -0.2) is 13.8 Å². The largest absolute Gasteiger partial charge is 0.337 e. The Morgan fingerprint density at radius 2 is 1.85 bits per heavy atom. The van der Waals surface area contributed by atoms with Gasteiger partial charge in [-0.15, -0.1) is 0 Å². The Labute approximate surface area is 240 Å². The molecule has 218 valence electrons. The lowest BCUT2D eigenvalue weighted by molar-refractivity contribution is -0.130. The number of imidazole rings is 1. The number of aromatic nitrogens is 2. The standard InChI is InChI=1S/C31H42F2N4O2S/c1-20-34-28-18-35(21(2)38)12-8-29(28)37(20)27-16-25-3-4-26(17-27)36(25)13-7-23(24-9-14-40-19-24)15-30(39)22-5-10-31(32,33)11-6-22/h9,14,19,22-23,25-27H,3-8,10-13,15-18H2,1-2H3/t23-,25?,26?,27?/m1/s1. The molecule has 5 heterocycles. The smallest absolute Gasteiger partial charge is 0.248 e. The fraction of sp³-hybridized carbons (Fsp3) is 0.710. The molecule has 40 heavy (non-hydrogen) atoms. The molecule has 1 aliphatic carbocycles. The third kappa shape index (κ3) is 5.65. The van der Waals surface area contributed by atoms with Gasteiger partial charge in [-0.1, -0.05) is 0 Å². The second-order valence-corrected chi connectivity index (χ2v) is 13.5. The first-order valence-electron chi connectivity index (χ1n) is 15.2. The topological polar surface area (TPSA) is 58.4 Å². The number of alkyl halides is 2. The van der Waals surface area contributed by atoms with Gasteiger partial charge in [0.05, 0.1) is 12.2 Å². The molecule has 0 N–H and O–H groups in total. The molecule has 2 aromatic heterocycles. The van der Waals surface area contributed by atoms with Crippen molar-refractivity contribution in [1.29, 1.82) is 0 Å². The summed E-state index contributed by atoms with van der Waals surface area (Å²) in [5.41, 5.74) is 3.62. The van der Waals surface area contributed by atoms with Gasteiger partial charge in [0.25, 0.3) is 0 Å². The van der Waals surface area contributed by atoms with E-state index in [0.29, 0.717) is 43.9 Å². The number of halogens is 2. The zero-order valence-corrected chi connectivity index (χ0v) is 24.6. The number of hydrogen-bond acceptors (Lipinski definition) is 5. The maximum absolute atomic E-state index is 13.7. The van der Waals surface area contributed by atoms with E-state index in [1.54, 1.807) is 18.3 Å². The predicted octanol–water partition coefficient (Wildman–Crippen LogP) is 6.28. The lowest BCUT2D eigenvalue weighted by Crippen LogP contribution is -2.44. The monoisotopic (exact) mass is 572 g/mol. The molecule has 3 fully saturated rings. The molecule has 3 aliphatic heterocycles. The number of carbonyl (C=O) groups excluding carboxylic acids is 2. The highest BCUT2D eigenvalue weighted by Crippen LogP contribution is 2.44. The molecule has 9 heteroatoms. The molecule has 1 saturated carbocycles. The summed E-state index contributed by atoms with van der Waals surface area (Å²) in [6.07, 6.45) is 7.29. The Balaban J connectivity index is 1.10. The molecule has 2 unspecified atom stereocenters. The lowest BCUT2D eigenvalue weighted by Gasteiger charge is -2.41. The fourth-order valence-corrected chi connectivity index (χ4v) is 8.83. The summed E-state index contributed by atoms with van der Waals surface area (Å²) < 4.78 is 29.8. The van der Waals surface area contributed by atoms with E-state index in [2.05, 4.69) is 33.2 Å². The minimum Gasteiger partial charge on any atom is -0.337 e. The third-order valence-electron chi connectivity index (χ3n) is 10.3. The van der Waals surface area contributed by atoms with Crippen molar-refractivity contribution in [1.82, 2.24) is 19.4 Å². The van der Waals surface area contributed by atoms with Crippen molar-refractivity contribution in [3.8, 4) is 0 Å². The van der Waals surface area contributed by atoms with E-state index in [1.807, 2.05) is 4.90 Å². The molecule has 0 aromatic carbocycles. The highest BCUT2D eigenvalue weighted by Gasteiger charge is 2.43. The maximum atomic E-state index is 13.7. The van der Waals surface area contributed by atoms with Gasteiger partial charge in [-0.3, -0.25) is 14.5 Å². The normalized spacial score (nSPS) is 27.5.